The fourth-order valence-corrected chi connectivity index (χ4v) is 2.34. The maximum absolute atomic E-state index is 9.98. The van der Waals surface area contributed by atoms with E-state index in [1.165, 1.54) is 0 Å². The number of methoxy groups -OCH3 is 1. The zero-order chi connectivity index (χ0) is 13.1. The molecule has 1 saturated heterocycles. The van der Waals surface area contributed by atoms with Gasteiger partial charge < -0.3 is 15.2 Å². The minimum atomic E-state index is 0.313. The van der Waals surface area contributed by atoms with Gasteiger partial charge in [0, 0.05) is 43.3 Å². The molecule has 2 N–H and O–H groups in total. The highest BCUT2D eigenvalue weighted by Gasteiger charge is 2.22. The first-order chi connectivity index (χ1) is 8.60. The summed E-state index contributed by atoms with van der Waals surface area (Å²) in [5.41, 5.74) is 0.955. The number of benzene rings is 1. The Bertz CT molecular complexity index is 409. The monoisotopic (exact) mass is 250 g/mol. The predicted molar refractivity (Wildman–Crippen MR) is 72.0 cm³/mol. The van der Waals surface area contributed by atoms with Crippen molar-refractivity contribution in [2.45, 2.75) is 32.5 Å². The lowest BCUT2D eigenvalue weighted by Gasteiger charge is -2.37. The fraction of sp³-hybridized carbons (Fsp3) is 0.571. The lowest BCUT2D eigenvalue weighted by Crippen LogP contribution is -2.53. The standard InChI is InChI=1S/C14H22N2O2/c1-10-8-16(11(2)7-15-10)9-12-4-5-13(18-3)6-14(12)17/h4-6,10-11,15,17H,7-9H2,1-3H3. The highest BCUT2D eigenvalue weighted by molar-refractivity contribution is 5.39. The van der Waals surface area contributed by atoms with Crippen molar-refractivity contribution in [2.24, 2.45) is 0 Å². The molecule has 1 aromatic carbocycles. The van der Waals surface area contributed by atoms with Crippen LogP contribution in [0.2, 0.25) is 0 Å². The van der Waals surface area contributed by atoms with E-state index in [-0.39, 0.29) is 0 Å². The highest BCUT2D eigenvalue weighted by atomic mass is 16.5. The Morgan fingerprint density at radius 1 is 1.44 bits per heavy atom. The van der Waals surface area contributed by atoms with Gasteiger partial charge in [-0.3, -0.25) is 4.90 Å². The second-order valence-corrected chi connectivity index (χ2v) is 5.08. The molecule has 0 saturated carbocycles. The molecule has 2 unspecified atom stereocenters. The number of phenolic OH excluding ortho intramolecular Hbond substituents is 1. The van der Waals surface area contributed by atoms with Gasteiger partial charge in [0.05, 0.1) is 7.11 Å². The Morgan fingerprint density at radius 3 is 2.89 bits per heavy atom. The van der Waals surface area contributed by atoms with Crippen molar-refractivity contribution in [2.75, 3.05) is 20.2 Å². The molecule has 1 heterocycles. The normalized spacial score (nSPS) is 25.1. The topological polar surface area (TPSA) is 44.7 Å². The van der Waals surface area contributed by atoms with Crippen LogP contribution in [0.25, 0.3) is 0 Å². The van der Waals surface area contributed by atoms with Gasteiger partial charge >= 0.3 is 0 Å². The lowest BCUT2D eigenvalue weighted by molar-refractivity contribution is 0.137. The summed E-state index contributed by atoms with van der Waals surface area (Å²) in [5.74, 6) is 1.01. The van der Waals surface area contributed by atoms with Gasteiger partial charge in [-0.2, -0.15) is 0 Å². The molecule has 1 fully saturated rings. The SMILES string of the molecule is COc1ccc(CN2CC(C)NCC2C)c(O)c1. The van der Waals surface area contributed by atoms with Gasteiger partial charge in [0.25, 0.3) is 0 Å². The minimum Gasteiger partial charge on any atom is -0.507 e. The van der Waals surface area contributed by atoms with Crippen LogP contribution in [0.5, 0.6) is 11.5 Å². The number of nitrogens with zero attached hydrogens (tertiary/aromatic N) is 1. The number of hydrogen-bond donors (Lipinski definition) is 2. The summed E-state index contributed by atoms with van der Waals surface area (Å²) in [4.78, 5) is 2.39. The van der Waals surface area contributed by atoms with Crippen molar-refractivity contribution in [3.05, 3.63) is 23.8 Å². The van der Waals surface area contributed by atoms with Crippen LogP contribution in [0.3, 0.4) is 0 Å². The second-order valence-electron chi connectivity index (χ2n) is 5.08. The van der Waals surface area contributed by atoms with E-state index in [0.29, 0.717) is 23.6 Å². The molecule has 2 rings (SSSR count). The van der Waals surface area contributed by atoms with E-state index in [0.717, 1.165) is 25.2 Å². The molecule has 0 aromatic heterocycles. The van der Waals surface area contributed by atoms with Crippen LogP contribution < -0.4 is 10.1 Å². The molecule has 0 bridgehead atoms. The van der Waals surface area contributed by atoms with Crippen LogP contribution >= 0.6 is 0 Å². The molecule has 1 aliphatic heterocycles. The van der Waals surface area contributed by atoms with Gasteiger partial charge in [0.2, 0.25) is 0 Å². The van der Waals surface area contributed by atoms with Crippen LogP contribution in [-0.2, 0) is 6.54 Å². The van der Waals surface area contributed by atoms with Gasteiger partial charge in [0.1, 0.15) is 11.5 Å². The van der Waals surface area contributed by atoms with Crippen LogP contribution in [-0.4, -0.2) is 42.3 Å². The molecular formula is C14H22N2O2. The second kappa shape index (κ2) is 5.59. The average molecular weight is 250 g/mol. The summed E-state index contributed by atoms with van der Waals surface area (Å²) >= 11 is 0. The molecule has 1 aromatic rings. The first-order valence-corrected chi connectivity index (χ1v) is 6.43. The van der Waals surface area contributed by atoms with E-state index in [4.69, 9.17) is 4.74 Å². The largest absolute Gasteiger partial charge is 0.507 e. The van der Waals surface area contributed by atoms with Crippen LogP contribution in [0.15, 0.2) is 18.2 Å². The summed E-state index contributed by atoms with van der Waals surface area (Å²) in [6.45, 7) is 7.18. The first-order valence-electron chi connectivity index (χ1n) is 6.43. The smallest absolute Gasteiger partial charge is 0.123 e. The Labute approximate surface area is 109 Å². The Balaban J connectivity index is 2.08. The van der Waals surface area contributed by atoms with Crippen molar-refractivity contribution in [3.63, 3.8) is 0 Å². The van der Waals surface area contributed by atoms with E-state index < -0.39 is 0 Å². The van der Waals surface area contributed by atoms with Gasteiger partial charge in [-0.05, 0) is 19.9 Å². The minimum absolute atomic E-state index is 0.313. The molecule has 0 aliphatic carbocycles. The van der Waals surface area contributed by atoms with E-state index >= 15 is 0 Å². The van der Waals surface area contributed by atoms with Crippen molar-refractivity contribution in [3.8, 4) is 11.5 Å². The fourth-order valence-electron chi connectivity index (χ4n) is 2.34. The maximum Gasteiger partial charge on any atom is 0.123 e. The van der Waals surface area contributed by atoms with Gasteiger partial charge in [-0.15, -0.1) is 0 Å². The van der Waals surface area contributed by atoms with Crippen molar-refractivity contribution >= 4 is 0 Å². The Hall–Kier alpha value is -1.26. The van der Waals surface area contributed by atoms with Crippen LogP contribution in [0.1, 0.15) is 19.4 Å². The highest BCUT2D eigenvalue weighted by Crippen LogP contribution is 2.25. The molecule has 0 radical (unpaired) electrons. The molecule has 4 nitrogen and oxygen atoms in total. The third-order valence-corrected chi connectivity index (χ3v) is 3.56. The molecule has 4 heteroatoms. The maximum atomic E-state index is 9.98. The summed E-state index contributed by atoms with van der Waals surface area (Å²) in [5, 5.41) is 13.4. The van der Waals surface area contributed by atoms with E-state index in [2.05, 4.69) is 24.1 Å². The third-order valence-electron chi connectivity index (χ3n) is 3.56. The molecule has 100 valence electrons. The summed E-state index contributed by atoms with van der Waals surface area (Å²) in [6.07, 6.45) is 0. The molecule has 2 atom stereocenters. The van der Waals surface area contributed by atoms with Gasteiger partial charge in [0.15, 0.2) is 0 Å². The Morgan fingerprint density at radius 2 is 2.22 bits per heavy atom. The quantitative estimate of drug-likeness (QED) is 0.855. The van der Waals surface area contributed by atoms with Crippen LogP contribution in [0, 0.1) is 0 Å². The summed E-state index contributed by atoms with van der Waals surface area (Å²) in [6, 6.07) is 6.49. The number of piperazine rings is 1. The van der Waals surface area contributed by atoms with Gasteiger partial charge in [-0.25, -0.2) is 0 Å². The molecule has 18 heavy (non-hydrogen) atoms. The van der Waals surface area contributed by atoms with Crippen molar-refractivity contribution < 1.29 is 9.84 Å². The van der Waals surface area contributed by atoms with Crippen molar-refractivity contribution in [1.29, 1.82) is 0 Å². The van der Waals surface area contributed by atoms with Crippen LogP contribution in [0.4, 0.5) is 0 Å². The lowest BCUT2D eigenvalue weighted by atomic mass is 10.1. The zero-order valence-electron chi connectivity index (χ0n) is 11.3. The number of phenols is 1. The van der Waals surface area contributed by atoms with Gasteiger partial charge in [-0.1, -0.05) is 6.07 Å². The summed E-state index contributed by atoms with van der Waals surface area (Å²) < 4.78 is 5.09. The average Bonchev–Trinajstić information content (AvgIpc) is 2.36. The number of nitrogens with one attached hydrogen (secondary N) is 1. The number of aromatic hydroxyl groups is 1. The van der Waals surface area contributed by atoms with E-state index in [1.807, 2.05) is 12.1 Å². The molecule has 0 amide bonds. The van der Waals surface area contributed by atoms with Crippen molar-refractivity contribution in [1.82, 2.24) is 10.2 Å². The molecular weight excluding hydrogens is 228 g/mol. The van der Waals surface area contributed by atoms with E-state index in [1.54, 1.807) is 13.2 Å². The number of ether oxygens (including phenoxy) is 1. The summed E-state index contributed by atoms with van der Waals surface area (Å²) in [7, 11) is 1.61. The van der Waals surface area contributed by atoms with E-state index in [9.17, 15) is 5.11 Å². The zero-order valence-corrected chi connectivity index (χ0v) is 11.3. The third kappa shape index (κ3) is 2.94. The molecule has 1 aliphatic rings. The number of rotatable bonds is 3. The first kappa shape index (κ1) is 13.2. The molecule has 0 spiro atoms. The Kier molecular flexibility index (Phi) is 4.09. The number of hydrogen-bond acceptors (Lipinski definition) is 4. The predicted octanol–water partition coefficient (Wildman–Crippen LogP) is 1.58.